The first-order valence-corrected chi connectivity index (χ1v) is 7.59. The lowest BCUT2D eigenvalue weighted by molar-refractivity contribution is 0.278. The molecule has 0 saturated heterocycles. The molecule has 0 bridgehead atoms. The van der Waals surface area contributed by atoms with Gasteiger partial charge in [0.2, 0.25) is 0 Å². The van der Waals surface area contributed by atoms with Crippen LogP contribution in [0.25, 0.3) is 10.9 Å². The molecule has 21 heavy (non-hydrogen) atoms. The standard InChI is InChI=1S/C13H12N4O3S/c18-8-10-6-15-16-13(10)21(19,20)17-11-5-9-3-1-2-4-12(9)14-7-11/h1-7,17-18H,8H2,(H,15,16). The van der Waals surface area contributed by atoms with Crippen LogP contribution in [0.1, 0.15) is 5.56 Å². The van der Waals surface area contributed by atoms with Gasteiger partial charge in [-0.25, -0.2) is 0 Å². The molecule has 108 valence electrons. The van der Waals surface area contributed by atoms with Crippen molar-refractivity contribution in [3.05, 3.63) is 48.3 Å². The van der Waals surface area contributed by atoms with Crippen LogP contribution in [0.5, 0.6) is 0 Å². The Morgan fingerprint density at radius 3 is 2.86 bits per heavy atom. The monoisotopic (exact) mass is 304 g/mol. The molecule has 0 radical (unpaired) electrons. The Morgan fingerprint density at radius 2 is 2.05 bits per heavy atom. The molecule has 0 aliphatic heterocycles. The first-order valence-electron chi connectivity index (χ1n) is 6.11. The molecule has 0 aliphatic rings. The zero-order valence-corrected chi connectivity index (χ0v) is 11.6. The number of aliphatic hydroxyl groups is 1. The molecule has 0 saturated carbocycles. The summed E-state index contributed by atoms with van der Waals surface area (Å²) in [6.07, 6.45) is 2.71. The molecule has 1 aromatic carbocycles. The number of benzene rings is 1. The Morgan fingerprint density at radius 1 is 1.24 bits per heavy atom. The number of H-pyrrole nitrogens is 1. The quantitative estimate of drug-likeness (QED) is 0.672. The van der Waals surface area contributed by atoms with Crippen LogP contribution in [0.3, 0.4) is 0 Å². The van der Waals surface area contributed by atoms with Gasteiger partial charge in [-0.3, -0.25) is 14.8 Å². The lowest BCUT2D eigenvalue weighted by Crippen LogP contribution is -2.15. The van der Waals surface area contributed by atoms with Crippen molar-refractivity contribution in [3.8, 4) is 0 Å². The van der Waals surface area contributed by atoms with E-state index in [0.717, 1.165) is 10.9 Å². The Kier molecular flexibility index (Phi) is 3.32. The molecule has 0 spiro atoms. The number of hydrogen-bond donors (Lipinski definition) is 3. The van der Waals surface area contributed by atoms with Crippen molar-refractivity contribution in [2.45, 2.75) is 11.6 Å². The van der Waals surface area contributed by atoms with Gasteiger partial charge in [-0.15, -0.1) is 0 Å². The molecule has 2 aromatic heterocycles. The minimum atomic E-state index is -3.85. The van der Waals surface area contributed by atoms with E-state index in [2.05, 4.69) is 19.9 Å². The van der Waals surface area contributed by atoms with Crippen molar-refractivity contribution >= 4 is 26.6 Å². The van der Waals surface area contributed by atoms with Gasteiger partial charge in [-0.05, 0) is 12.1 Å². The van der Waals surface area contributed by atoms with E-state index in [1.807, 2.05) is 24.3 Å². The number of nitrogens with zero attached hydrogens (tertiary/aromatic N) is 2. The summed E-state index contributed by atoms with van der Waals surface area (Å²) >= 11 is 0. The summed E-state index contributed by atoms with van der Waals surface area (Å²) in [7, 11) is -3.85. The molecule has 7 nitrogen and oxygen atoms in total. The van der Waals surface area contributed by atoms with Gasteiger partial charge in [0.25, 0.3) is 10.0 Å². The van der Waals surface area contributed by atoms with Crippen molar-refractivity contribution in [3.63, 3.8) is 0 Å². The van der Waals surface area contributed by atoms with Gasteiger partial charge in [0, 0.05) is 10.9 Å². The maximum Gasteiger partial charge on any atom is 0.279 e. The first-order chi connectivity index (χ1) is 10.1. The number of aromatic nitrogens is 3. The highest BCUT2D eigenvalue weighted by Gasteiger charge is 2.20. The normalized spacial score (nSPS) is 11.7. The van der Waals surface area contributed by atoms with Gasteiger partial charge in [0.15, 0.2) is 5.03 Å². The lowest BCUT2D eigenvalue weighted by Gasteiger charge is -2.08. The minimum absolute atomic E-state index is 0.154. The average molecular weight is 304 g/mol. The highest BCUT2D eigenvalue weighted by Crippen LogP contribution is 2.20. The number of hydrogen-bond acceptors (Lipinski definition) is 5. The van der Waals surface area contributed by atoms with E-state index >= 15 is 0 Å². The van der Waals surface area contributed by atoms with Gasteiger partial charge < -0.3 is 5.11 Å². The maximum absolute atomic E-state index is 12.3. The number of nitrogens with one attached hydrogen (secondary N) is 2. The largest absolute Gasteiger partial charge is 0.392 e. The zero-order chi connectivity index (χ0) is 14.9. The van der Waals surface area contributed by atoms with E-state index in [9.17, 15) is 8.42 Å². The fraction of sp³-hybridized carbons (Fsp3) is 0.0769. The SMILES string of the molecule is O=S(=O)(Nc1cnc2ccccc2c1)c1[nH]ncc1CO. The van der Waals surface area contributed by atoms with E-state index < -0.39 is 16.6 Å². The smallest absolute Gasteiger partial charge is 0.279 e. The Balaban J connectivity index is 1.97. The fourth-order valence-electron chi connectivity index (χ4n) is 1.98. The summed E-state index contributed by atoms with van der Waals surface area (Å²) in [5, 5.41) is 15.8. The number of aliphatic hydroxyl groups excluding tert-OH is 1. The van der Waals surface area contributed by atoms with Crippen LogP contribution < -0.4 is 4.72 Å². The van der Waals surface area contributed by atoms with Crippen LogP contribution in [-0.2, 0) is 16.6 Å². The molecule has 0 atom stereocenters. The second-order valence-corrected chi connectivity index (χ2v) is 6.02. The Hall–Kier alpha value is -2.45. The molecule has 3 N–H and O–H groups in total. The minimum Gasteiger partial charge on any atom is -0.392 e. The number of fused-ring (bicyclic) bond motifs is 1. The van der Waals surface area contributed by atoms with Crippen molar-refractivity contribution in [2.75, 3.05) is 4.72 Å². The topological polar surface area (TPSA) is 108 Å². The number of sulfonamides is 1. The summed E-state index contributed by atoms with van der Waals surface area (Å²) < 4.78 is 26.9. The molecule has 0 unspecified atom stereocenters. The van der Waals surface area contributed by atoms with Crippen LogP contribution in [-0.4, -0.2) is 28.7 Å². The van der Waals surface area contributed by atoms with E-state index in [1.54, 1.807) is 6.07 Å². The van der Waals surface area contributed by atoms with Crippen molar-refractivity contribution in [1.82, 2.24) is 15.2 Å². The molecule has 2 heterocycles. The Bertz CT molecular complexity index is 889. The Labute approximate surface area is 120 Å². The maximum atomic E-state index is 12.3. The first kappa shape index (κ1) is 13.5. The summed E-state index contributed by atoms with van der Waals surface area (Å²) in [4.78, 5) is 4.19. The van der Waals surface area contributed by atoms with Crippen LogP contribution in [0.4, 0.5) is 5.69 Å². The van der Waals surface area contributed by atoms with Gasteiger partial charge in [-0.2, -0.15) is 13.5 Å². The number of rotatable bonds is 4. The molecule has 3 rings (SSSR count). The third-order valence-corrected chi connectivity index (χ3v) is 4.36. The van der Waals surface area contributed by atoms with Crippen LogP contribution in [0, 0.1) is 0 Å². The van der Waals surface area contributed by atoms with Crippen LogP contribution in [0.2, 0.25) is 0 Å². The highest BCUT2D eigenvalue weighted by molar-refractivity contribution is 7.92. The predicted molar refractivity (Wildman–Crippen MR) is 77.1 cm³/mol. The van der Waals surface area contributed by atoms with Gasteiger partial charge >= 0.3 is 0 Å². The molecule has 3 aromatic rings. The molecule has 0 aliphatic carbocycles. The second-order valence-electron chi connectivity index (χ2n) is 4.40. The van der Waals surface area contributed by atoms with Crippen LogP contribution in [0.15, 0.2) is 47.8 Å². The van der Waals surface area contributed by atoms with E-state index in [4.69, 9.17) is 5.11 Å². The average Bonchev–Trinajstić information content (AvgIpc) is 2.96. The molecular weight excluding hydrogens is 292 g/mol. The third kappa shape index (κ3) is 2.58. The van der Waals surface area contributed by atoms with Gasteiger partial charge in [0.05, 0.1) is 30.2 Å². The van der Waals surface area contributed by atoms with Crippen molar-refractivity contribution in [1.29, 1.82) is 0 Å². The number of anilines is 1. The van der Waals surface area contributed by atoms with Crippen LogP contribution >= 0.6 is 0 Å². The number of pyridine rings is 1. The van der Waals surface area contributed by atoms with Crippen molar-refractivity contribution < 1.29 is 13.5 Å². The van der Waals surface area contributed by atoms with E-state index in [-0.39, 0.29) is 10.6 Å². The molecular formula is C13H12N4O3S. The predicted octanol–water partition coefficient (Wildman–Crippen LogP) is 1.25. The molecule has 0 amide bonds. The summed E-state index contributed by atoms with van der Waals surface area (Å²) in [5.41, 5.74) is 1.32. The summed E-state index contributed by atoms with van der Waals surface area (Å²) in [5.74, 6) is 0. The molecule has 8 heteroatoms. The highest BCUT2D eigenvalue weighted by atomic mass is 32.2. The van der Waals surface area contributed by atoms with E-state index in [1.165, 1.54) is 12.4 Å². The lowest BCUT2D eigenvalue weighted by atomic mass is 10.2. The fourth-order valence-corrected chi connectivity index (χ4v) is 3.14. The van der Waals surface area contributed by atoms with Gasteiger partial charge in [-0.1, -0.05) is 18.2 Å². The summed E-state index contributed by atoms with van der Waals surface area (Å²) in [6, 6.07) is 9.08. The number of aromatic amines is 1. The third-order valence-electron chi connectivity index (χ3n) is 2.96. The molecule has 0 fully saturated rings. The van der Waals surface area contributed by atoms with E-state index in [0.29, 0.717) is 5.69 Å². The second kappa shape index (κ2) is 5.15. The summed E-state index contributed by atoms with van der Waals surface area (Å²) in [6.45, 7) is -0.414. The van der Waals surface area contributed by atoms with Gasteiger partial charge in [0.1, 0.15) is 0 Å². The zero-order valence-electron chi connectivity index (χ0n) is 10.8. The van der Waals surface area contributed by atoms with Crippen molar-refractivity contribution in [2.24, 2.45) is 0 Å². The number of para-hydroxylation sites is 1.